The lowest BCUT2D eigenvalue weighted by Crippen LogP contribution is -1.93. The highest BCUT2D eigenvalue weighted by atomic mass is 16.5. The van der Waals surface area contributed by atoms with Gasteiger partial charge in [0, 0.05) is 69.7 Å². The molecule has 0 fully saturated rings. The summed E-state index contributed by atoms with van der Waals surface area (Å²) in [6, 6.07) is 0. The van der Waals surface area contributed by atoms with Crippen LogP contribution in [-0.2, 0) is 28.5 Å². The van der Waals surface area contributed by atoms with E-state index < -0.39 is 0 Å². The number of methoxy groups -OCH3 is 4. The topological polar surface area (TPSA) is 71.1 Å². The predicted molar refractivity (Wildman–Crippen MR) is 164 cm³/mol. The van der Waals surface area contributed by atoms with Gasteiger partial charge in [0.15, 0.2) is 0 Å². The molecule has 0 spiro atoms. The molecular formula is C29H76O6. The van der Waals surface area contributed by atoms with Crippen LogP contribution in [0.3, 0.4) is 0 Å². The Morgan fingerprint density at radius 1 is 0.429 bits per heavy atom. The van der Waals surface area contributed by atoms with E-state index in [1.165, 1.54) is 25.7 Å². The number of ether oxygens (including phenoxy) is 4. The number of Topliss-reactive ketones (excluding diaryl/α,β-unsaturated/α-hetero) is 2. The summed E-state index contributed by atoms with van der Waals surface area (Å²) in [6.07, 6.45) is 6.80. The zero-order valence-electron chi connectivity index (χ0n) is 26.4. The fourth-order valence-corrected chi connectivity index (χ4v) is 0.586. The van der Waals surface area contributed by atoms with Gasteiger partial charge >= 0.3 is 0 Å². The molecule has 0 radical (unpaired) electrons. The summed E-state index contributed by atoms with van der Waals surface area (Å²) < 4.78 is 17.0. The first-order valence-corrected chi connectivity index (χ1v) is 12.0. The molecule has 6 heteroatoms. The van der Waals surface area contributed by atoms with Gasteiger partial charge in [-0.2, -0.15) is 0 Å². The monoisotopic (exact) mass is 521 g/mol. The van der Waals surface area contributed by atoms with Crippen molar-refractivity contribution in [3.63, 3.8) is 0 Å². The molecule has 0 amide bonds. The number of carbonyl (C=O) groups excluding carboxylic acids is 2. The molecule has 35 heavy (non-hydrogen) atoms. The number of ketones is 2. The van der Waals surface area contributed by atoms with Crippen molar-refractivity contribution in [1.29, 1.82) is 0 Å². The van der Waals surface area contributed by atoms with Gasteiger partial charge in [-0.3, -0.25) is 0 Å². The first kappa shape index (κ1) is 70.0. The Kier molecular flexibility index (Phi) is 263. The van der Waals surface area contributed by atoms with E-state index in [0.717, 1.165) is 0 Å². The van der Waals surface area contributed by atoms with Gasteiger partial charge in [-0.05, 0) is 20.3 Å². The van der Waals surface area contributed by atoms with Gasteiger partial charge in [-0.25, -0.2) is 0 Å². The Labute approximate surface area is 226 Å². The summed E-state index contributed by atoms with van der Waals surface area (Å²) in [5.74, 6) is 0.326. The van der Waals surface area contributed by atoms with Gasteiger partial charge in [0.25, 0.3) is 0 Å². The normalized spacial score (nSPS) is 6.46. The van der Waals surface area contributed by atoms with Crippen LogP contribution in [0.5, 0.6) is 0 Å². The predicted octanol–water partition coefficient (Wildman–Crippen LogP) is 9.32. The van der Waals surface area contributed by atoms with Crippen LogP contribution >= 0.6 is 0 Å². The molecule has 0 aromatic carbocycles. The molecule has 0 saturated heterocycles. The molecule has 0 N–H and O–H groups in total. The van der Waals surface area contributed by atoms with Crippen LogP contribution in [0, 0.1) is 0 Å². The molecule has 0 rings (SSSR count). The van der Waals surface area contributed by atoms with Crippen LogP contribution < -0.4 is 0 Å². The summed E-state index contributed by atoms with van der Waals surface area (Å²) in [7, 11) is 13.0. The van der Waals surface area contributed by atoms with E-state index in [2.05, 4.69) is 74.3 Å². The van der Waals surface area contributed by atoms with Crippen LogP contribution in [0.2, 0.25) is 0 Å². The summed E-state index contributed by atoms with van der Waals surface area (Å²) in [5, 5.41) is 0. The molecule has 0 heterocycles. The van der Waals surface area contributed by atoms with Gasteiger partial charge in [0.2, 0.25) is 0 Å². The van der Waals surface area contributed by atoms with Crippen LogP contribution in [0.15, 0.2) is 0 Å². The second-order valence-electron chi connectivity index (χ2n) is 6.72. The Bertz CT molecular complexity index is 185. The van der Waals surface area contributed by atoms with E-state index in [1.807, 2.05) is 0 Å². The van der Waals surface area contributed by atoms with Crippen LogP contribution in [0.25, 0.3) is 0 Å². The molecule has 0 aromatic rings. The average molecular weight is 521 g/mol. The Balaban J connectivity index is -0.0000000215. The van der Waals surface area contributed by atoms with E-state index in [4.69, 9.17) is 0 Å². The number of hydrogen-bond acceptors (Lipinski definition) is 6. The van der Waals surface area contributed by atoms with Crippen molar-refractivity contribution < 1.29 is 28.5 Å². The molecule has 0 saturated carbocycles. The smallest absolute Gasteiger partial charge is 0.129 e. The molecule has 0 atom stereocenters. The molecule has 6 nitrogen and oxygen atoms in total. The minimum Gasteiger partial charge on any atom is -0.388 e. The third-order valence-electron chi connectivity index (χ3n) is 1.06. The average Bonchev–Trinajstić information content (AvgIpc) is 2.66. The lowest BCUT2D eigenvalue weighted by Gasteiger charge is -1.90. The van der Waals surface area contributed by atoms with Crippen molar-refractivity contribution in [2.45, 2.75) is 129 Å². The summed E-state index contributed by atoms with van der Waals surface area (Å²) >= 11 is 0. The third-order valence-corrected chi connectivity index (χ3v) is 1.06. The molecule has 0 bridgehead atoms. The Morgan fingerprint density at radius 2 is 0.514 bits per heavy atom. The van der Waals surface area contributed by atoms with Crippen molar-refractivity contribution in [2.75, 3.05) is 56.9 Å². The van der Waals surface area contributed by atoms with Crippen LogP contribution in [-0.4, -0.2) is 68.4 Å². The van der Waals surface area contributed by atoms with E-state index >= 15 is 0 Å². The van der Waals surface area contributed by atoms with Crippen molar-refractivity contribution in [3.05, 3.63) is 0 Å². The molecule has 0 unspecified atom stereocenters. The highest BCUT2D eigenvalue weighted by molar-refractivity contribution is 5.78. The second-order valence-corrected chi connectivity index (χ2v) is 6.72. The number of hydrogen-bond donors (Lipinski definition) is 0. The third kappa shape index (κ3) is 1200. The molecule has 0 aliphatic heterocycles. The van der Waals surface area contributed by atoms with Crippen LogP contribution in [0.1, 0.15) is 129 Å². The first-order chi connectivity index (χ1) is 15.4. The van der Waals surface area contributed by atoms with Gasteiger partial charge in [-0.1, -0.05) is 95.9 Å². The minimum absolute atomic E-state index is 0. The van der Waals surface area contributed by atoms with Gasteiger partial charge in [-0.15, -0.1) is 0 Å². The minimum atomic E-state index is 0. The molecule has 0 aliphatic rings. The highest BCUT2D eigenvalue weighted by Crippen LogP contribution is 1.95. The maximum atomic E-state index is 10.3. The lowest BCUT2D eigenvalue weighted by molar-refractivity contribution is -0.118. The molecule has 228 valence electrons. The standard InChI is InChI=1S/C7H12O2.4C3H8.4C2H6O.2CH4/c1-6(8)4-3-5-7(2)9;8*1-3-2;;/h3-5H2,1-2H3;4*3H2,1-2H3;4*1-2H3;2*1H4. The van der Waals surface area contributed by atoms with Crippen molar-refractivity contribution in [2.24, 2.45) is 0 Å². The van der Waals surface area contributed by atoms with E-state index in [9.17, 15) is 9.59 Å². The van der Waals surface area contributed by atoms with Crippen molar-refractivity contribution in [1.82, 2.24) is 0 Å². The Morgan fingerprint density at radius 3 is 0.571 bits per heavy atom. The Hall–Kier alpha value is -0.820. The lowest BCUT2D eigenvalue weighted by atomic mass is 10.1. The van der Waals surface area contributed by atoms with Gasteiger partial charge < -0.3 is 28.5 Å². The van der Waals surface area contributed by atoms with Crippen molar-refractivity contribution in [3.8, 4) is 0 Å². The van der Waals surface area contributed by atoms with E-state index in [-0.39, 0.29) is 26.4 Å². The zero-order chi connectivity index (χ0) is 28.9. The summed E-state index contributed by atoms with van der Waals surface area (Å²) in [4.78, 5) is 20.6. The fraction of sp³-hybridized carbons (Fsp3) is 0.931. The van der Waals surface area contributed by atoms with Crippen molar-refractivity contribution >= 4 is 11.6 Å². The van der Waals surface area contributed by atoms with E-state index in [1.54, 1.807) is 70.7 Å². The maximum absolute atomic E-state index is 10.3. The maximum Gasteiger partial charge on any atom is 0.129 e. The largest absolute Gasteiger partial charge is 0.388 e. The number of carbonyl (C=O) groups is 2. The summed E-state index contributed by atoms with van der Waals surface area (Å²) in [5.41, 5.74) is 0. The zero-order valence-corrected chi connectivity index (χ0v) is 26.4. The summed E-state index contributed by atoms with van der Waals surface area (Å²) in [6.45, 7) is 20.1. The SMILES string of the molecule is C.C.CC(=O)CCCC(C)=O.CCC.CCC.CCC.CCC.COC.COC.COC.COC. The van der Waals surface area contributed by atoms with Gasteiger partial charge in [0.05, 0.1) is 0 Å². The first-order valence-electron chi connectivity index (χ1n) is 12.0. The van der Waals surface area contributed by atoms with Gasteiger partial charge in [0.1, 0.15) is 11.6 Å². The molecule has 0 aliphatic carbocycles. The van der Waals surface area contributed by atoms with E-state index in [0.29, 0.717) is 19.3 Å². The fourth-order valence-electron chi connectivity index (χ4n) is 0.586. The highest BCUT2D eigenvalue weighted by Gasteiger charge is 1.95. The molecule has 0 aromatic heterocycles. The second kappa shape index (κ2) is 131. The molecular weight excluding hydrogens is 444 g/mol. The number of rotatable bonds is 4. The quantitative estimate of drug-likeness (QED) is 0.367. The van der Waals surface area contributed by atoms with Crippen LogP contribution in [0.4, 0.5) is 0 Å².